The smallest absolute Gasteiger partial charge is 0.262 e. The van der Waals surface area contributed by atoms with E-state index in [0.717, 1.165) is 16.8 Å². The molecule has 21 heavy (non-hydrogen) atoms. The molecule has 0 spiro atoms. The molecule has 2 aromatic carbocycles. The number of benzene rings is 2. The molecule has 0 saturated heterocycles. The zero-order valence-corrected chi connectivity index (χ0v) is 12.3. The summed E-state index contributed by atoms with van der Waals surface area (Å²) in [4.78, 5) is 11.8. The number of hydrogen-bond donors (Lipinski definition) is 2. The van der Waals surface area contributed by atoms with E-state index in [1.807, 2.05) is 56.3 Å². The molecule has 0 atom stereocenters. The minimum absolute atomic E-state index is 0.0190. The van der Waals surface area contributed by atoms with E-state index >= 15 is 0 Å². The average Bonchev–Trinajstić information content (AvgIpc) is 2.49. The zero-order chi connectivity index (χ0) is 15.2. The number of aryl methyl sites for hydroxylation is 2. The van der Waals surface area contributed by atoms with Crippen LogP contribution in [0.1, 0.15) is 16.7 Å². The van der Waals surface area contributed by atoms with Gasteiger partial charge in [0, 0.05) is 12.2 Å². The summed E-state index contributed by atoms with van der Waals surface area (Å²) < 4.78 is 5.44. The van der Waals surface area contributed by atoms with Crippen LogP contribution in [0.15, 0.2) is 42.5 Å². The lowest BCUT2D eigenvalue weighted by Crippen LogP contribution is -2.20. The third-order valence-electron chi connectivity index (χ3n) is 3.32. The highest BCUT2D eigenvalue weighted by Gasteiger charge is 2.04. The van der Waals surface area contributed by atoms with E-state index < -0.39 is 0 Å². The number of carbonyl (C=O) groups excluding carboxylic acids is 1. The monoisotopic (exact) mass is 284 g/mol. The molecule has 1 amide bonds. The van der Waals surface area contributed by atoms with Crippen LogP contribution in [0.5, 0.6) is 5.75 Å². The van der Waals surface area contributed by atoms with Crippen LogP contribution in [-0.4, -0.2) is 12.5 Å². The van der Waals surface area contributed by atoms with Crippen LogP contribution in [0, 0.1) is 13.8 Å². The number of ether oxygens (including phenoxy) is 1. The number of carbonyl (C=O) groups is 1. The molecule has 0 heterocycles. The van der Waals surface area contributed by atoms with E-state index in [1.54, 1.807) is 0 Å². The van der Waals surface area contributed by atoms with Gasteiger partial charge in [0.05, 0.1) is 0 Å². The van der Waals surface area contributed by atoms with E-state index in [2.05, 4.69) is 5.32 Å². The predicted molar refractivity (Wildman–Crippen MR) is 84.4 cm³/mol. The summed E-state index contributed by atoms with van der Waals surface area (Å²) in [5.74, 6) is 0.476. The number of hydrogen-bond acceptors (Lipinski definition) is 3. The number of anilines is 1. The Morgan fingerprint density at radius 1 is 1.10 bits per heavy atom. The number of nitrogens with one attached hydrogen (secondary N) is 1. The van der Waals surface area contributed by atoms with Gasteiger partial charge in [0.25, 0.3) is 5.91 Å². The minimum atomic E-state index is -0.179. The Bertz CT molecular complexity index is 621. The molecule has 3 N–H and O–H groups in total. The first kappa shape index (κ1) is 15.1. The highest BCUT2D eigenvalue weighted by molar-refractivity contribution is 5.92. The van der Waals surface area contributed by atoms with E-state index in [9.17, 15) is 4.79 Å². The van der Waals surface area contributed by atoms with Crippen LogP contribution in [0.2, 0.25) is 0 Å². The van der Waals surface area contributed by atoms with Gasteiger partial charge in [0.15, 0.2) is 6.61 Å². The highest BCUT2D eigenvalue weighted by Crippen LogP contribution is 2.15. The Kier molecular flexibility index (Phi) is 4.95. The minimum Gasteiger partial charge on any atom is -0.484 e. The lowest BCUT2D eigenvalue weighted by atomic mass is 10.1. The molecule has 0 bridgehead atoms. The van der Waals surface area contributed by atoms with Crippen molar-refractivity contribution in [1.29, 1.82) is 0 Å². The van der Waals surface area contributed by atoms with Gasteiger partial charge in [-0.25, -0.2) is 0 Å². The summed E-state index contributed by atoms with van der Waals surface area (Å²) >= 11 is 0. The van der Waals surface area contributed by atoms with Gasteiger partial charge in [-0.05, 0) is 54.8 Å². The largest absolute Gasteiger partial charge is 0.484 e. The first-order valence-corrected chi connectivity index (χ1v) is 6.87. The first-order chi connectivity index (χ1) is 10.1. The quantitative estimate of drug-likeness (QED) is 0.887. The molecule has 0 fully saturated rings. The van der Waals surface area contributed by atoms with Crippen molar-refractivity contribution in [3.63, 3.8) is 0 Å². The van der Waals surface area contributed by atoms with E-state index in [4.69, 9.17) is 10.5 Å². The second-order valence-electron chi connectivity index (χ2n) is 4.98. The van der Waals surface area contributed by atoms with E-state index in [1.165, 1.54) is 5.56 Å². The summed E-state index contributed by atoms with van der Waals surface area (Å²) in [5.41, 5.74) is 9.68. The fourth-order valence-electron chi connectivity index (χ4n) is 1.89. The normalized spacial score (nSPS) is 10.2. The lowest BCUT2D eigenvalue weighted by Gasteiger charge is -2.09. The van der Waals surface area contributed by atoms with Crippen molar-refractivity contribution in [3.05, 3.63) is 59.2 Å². The van der Waals surface area contributed by atoms with Crippen molar-refractivity contribution in [2.45, 2.75) is 20.4 Å². The second-order valence-corrected chi connectivity index (χ2v) is 4.98. The van der Waals surface area contributed by atoms with E-state index in [-0.39, 0.29) is 12.5 Å². The molecule has 0 aromatic heterocycles. The molecule has 110 valence electrons. The summed E-state index contributed by atoms with van der Waals surface area (Å²) in [6.07, 6.45) is 0. The molecular formula is C17H20N2O2. The molecular weight excluding hydrogens is 264 g/mol. The Balaban J connectivity index is 1.87. The van der Waals surface area contributed by atoms with Crippen molar-refractivity contribution in [3.8, 4) is 5.75 Å². The van der Waals surface area contributed by atoms with Gasteiger partial charge in [-0.1, -0.05) is 18.2 Å². The molecule has 0 aliphatic rings. The molecule has 4 heteroatoms. The molecule has 2 rings (SSSR count). The van der Waals surface area contributed by atoms with Crippen LogP contribution >= 0.6 is 0 Å². The summed E-state index contributed by atoms with van der Waals surface area (Å²) in [7, 11) is 0. The van der Waals surface area contributed by atoms with E-state index in [0.29, 0.717) is 12.3 Å². The molecule has 4 nitrogen and oxygen atoms in total. The van der Waals surface area contributed by atoms with Crippen LogP contribution in [-0.2, 0) is 11.3 Å². The fraction of sp³-hybridized carbons (Fsp3) is 0.235. The SMILES string of the molecule is Cc1ccc(NC(=O)COc2ccc(CN)cc2)cc1C. The third-order valence-corrected chi connectivity index (χ3v) is 3.32. The lowest BCUT2D eigenvalue weighted by molar-refractivity contribution is -0.118. The number of amides is 1. The maximum absolute atomic E-state index is 11.8. The van der Waals surface area contributed by atoms with Crippen molar-refractivity contribution in [2.75, 3.05) is 11.9 Å². The summed E-state index contributed by atoms with van der Waals surface area (Å²) in [5, 5.41) is 2.82. The van der Waals surface area contributed by atoms with Crippen molar-refractivity contribution in [1.82, 2.24) is 0 Å². The molecule has 0 radical (unpaired) electrons. The fourth-order valence-corrected chi connectivity index (χ4v) is 1.89. The van der Waals surface area contributed by atoms with Crippen LogP contribution < -0.4 is 15.8 Å². The van der Waals surface area contributed by atoms with Gasteiger partial charge >= 0.3 is 0 Å². The molecule has 0 aliphatic carbocycles. The topological polar surface area (TPSA) is 64.3 Å². The van der Waals surface area contributed by atoms with Crippen LogP contribution in [0.4, 0.5) is 5.69 Å². The maximum atomic E-state index is 11.8. The second kappa shape index (κ2) is 6.90. The molecule has 0 saturated carbocycles. The molecule has 0 aliphatic heterocycles. The predicted octanol–water partition coefficient (Wildman–Crippen LogP) is 2.78. The van der Waals surface area contributed by atoms with Gasteiger partial charge in [0.1, 0.15) is 5.75 Å². The van der Waals surface area contributed by atoms with Gasteiger partial charge in [-0.3, -0.25) is 4.79 Å². The average molecular weight is 284 g/mol. The third kappa shape index (κ3) is 4.33. The van der Waals surface area contributed by atoms with Gasteiger partial charge in [-0.15, -0.1) is 0 Å². The number of rotatable bonds is 5. The molecule has 0 unspecified atom stereocenters. The Hall–Kier alpha value is -2.33. The zero-order valence-electron chi connectivity index (χ0n) is 12.3. The van der Waals surface area contributed by atoms with Crippen molar-refractivity contribution >= 4 is 11.6 Å². The Morgan fingerprint density at radius 2 is 1.81 bits per heavy atom. The van der Waals surface area contributed by atoms with Crippen molar-refractivity contribution in [2.24, 2.45) is 5.73 Å². The molecule has 2 aromatic rings. The van der Waals surface area contributed by atoms with Gasteiger partial charge in [-0.2, -0.15) is 0 Å². The highest BCUT2D eigenvalue weighted by atomic mass is 16.5. The Labute approximate surface area is 124 Å². The van der Waals surface area contributed by atoms with Gasteiger partial charge < -0.3 is 15.8 Å². The summed E-state index contributed by atoms with van der Waals surface area (Å²) in [6, 6.07) is 13.2. The van der Waals surface area contributed by atoms with Gasteiger partial charge in [0.2, 0.25) is 0 Å². The maximum Gasteiger partial charge on any atom is 0.262 e. The van der Waals surface area contributed by atoms with Crippen LogP contribution in [0.25, 0.3) is 0 Å². The van der Waals surface area contributed by atoms with Crippen LogP contribution in [0.3, 0.4) is 0 Å². The summed E-state index contributed by atoms with van der Waals surface area (Å²) in [6.45, 7) is 4.53. The standard InChI is InChI=1S/C17H20N2O2/c1-12-3-6-15(9-13(12)2)19-17(20)11-21-16-7-4-14(10-18)5-8-16/h3-9H,10-11,18H2,1-2H3,(H,19,20). The number of nitrogens with two attached hydrogens (primary N) is 1. The van der Waals surface area contributed by atoms with Crippen molar-refractivity contribution < 1.29 is 9.53 Å². The Morgan fingerprint density at radius 3 is 2.43 bits per heavy atom. The first-order valence-electron chi connectivity index (χ1n) is 6.87.